The van der Waals surface area contributed by atoms with Crippen molar-refractivity contribution in [2.75, 3.05) is 0 Å². The summed E-state index contributed by atoms with van der Waals surface area (Å²) in [6, 6.07) is 20.3. The van der Waals surface area contributed by atoms with Crippen LogP contribution in [0.15, 0.2) is 72.8 Å². The average Bonchev–Trinajstić information content (AvgIpc) is 3.25. The third kappa shape index (κ3) is 4.90. The molecule has 0 unspecified atom stereocenters. The summed E-state index contributed by atoms with van der Waals surface area (Å²) in [6.07, 6.45) is -3.91. The number of aromatic amines is 1. The van der Waals surface area contributed by atoms with E-state index in [2.05, 4.69) is 15.2 Å². The number of nitrogens with one attached hydrogen (secondary N) is 2. The van der Waals surface area contributed by atoms with Gasteiger partial charge in [0.05, 0.1) is 22.8 Å². The Hall–Kier alpha value is -4.07. The van der Waals surface area contributed by atoms with Crippen LogP contribution in [0.5, 0.6) is 0 Å². The van der Waals surface area contributed by atoms with Crippen LogP contribution in [-0.4, -0.2) is 32.1 Å². The summed E-state index contributed by atoms with van der Waals surface area (Å²) in [7, 11) is 0. The maximum absolute atomic E-state index is 12.8. The lowest BCUT2D eigenvalue weighted by atomic mass is 10.00. The highest BCUT2D eigenvalue weighted by Gasteiger charge is 2.32. The van der Waals surface area contributed by atoms with Gasteiger partial charge >= 0.3 is 6.18 Å². The van der Waals surface area contributed by atoms with Crippen molar-refractivity contribution in [2.24, 2.45) is 0 Å². The molecule has 3 aromatic heterocycles. The van der Waals surface area contributed by atoms with Crippen molar-refractivity contribution in [1.29, 1.82) is 5.41 Å². The molecule has 0 saturated heterocycles. The summed E-state index contributed by atoms with van der Waals surface area (Å²) in [5, 5.41) is 14.4. The van der Waals surface area contributed by atoms with Gasteiger partial charge in [-0.05, 0) is 55.8 Å². The van der Waals surface area contributed by atoms with E-state index in [0.717, 1.165) is 40.0 Å². The molecular weight excluding hydrogens is 427 g/mol. The molecule has 0 spiro atoms. The second-order valence-electron chi connectivity index (χ2n) is 7.54. The number of halogens is 3. The van der Waals surface area contributed by atoms with Crippen LogP contribution in [0.4, 0.5) is 13.2 Å². The molecule has 0 radical (unpaired) electrons. The van der Waals surface area contributed by atoms with Gasteiger partial charge in [0.1, 0.15) is 11.4 Å². The Balaban J connectivity index is 1.74. The van der Waals surface area contributed by atoms with Crippen LogP contribution in [0, 0.1) is 12.3 Å². The van der Waals surface area contributed by atoms with Crippen LogP contribution in [-0.2, 0) is 0 Å². The minimum absolute atomic E-state index is 0.255. The molecule has 4 aromatic rings. The molecule has 5 nitrogen and oxygen atoms in total. The summed E-state index contributed by atoms with van der Waals surface area (Å²) < 4.78 is 38.3. The average molecular weight is 447 g/mol. The van der Waals surface area contributed by atoms with Crippen molar-refractivity contribution in [3.8, 4) is 33.9 Å². The van der Waals surface area contributed by atoms with E-state index < -0.39 is 11.9 Å². The van der Waals surface area contributed by atoms with Crippen LogP contribution < -0.4 is 0 Å². The van der Waals surface area contributed by atoms with Gasteiger partial charge in [0.25, 0.3) is 0 Å². The van der Waals surface area contributed by atoms with Crippen molar-refractivity contribution < 1.29 is 13.2 Å². The standard InChI is InChI=1S/C25H20F3N5/c1-15(13-24(29)25(26,27)28)19-9-5-10-20(30-19)17-7-3-4-8-18(17)21-11-6-12-22(31-21)23-14-16(2)32-33-23/h3-14,29H,1-2H3,(H,32,33)/b15-13+,29-24?. The maximum atomic E-state index is 12.8. The van der Waals surface area contributed by atoms with Gasteiger partial charge in [0.15, 0.2) is 0 Å². The Morgan fingerprint density at radius 3 is 2.06 bits per heavy atom. The van der Waals surface area contributed by atoms with Crippen molar-refractivity contribution in [3.05, 3.63) is 84.2 Å². The fourth-order valence-electron chi connectivity index (χ4n) is 3.38. The van der Waals surface area contributed by atoms with E-state index in [0.29, 0.717) is 11.4 Å². The number of nitrogens with zero attached hydrogens (tertiary/aromatic N) is 3. The van der Waals surface area contributed by atoms with Crippen LogP contribution in [0.1, 0.15) is 18.3 Å². The van der Waals surface area contributed by atoms with E-state index in [-0.39, 0.29) is 5.57 Å². The van der Waals surface area contributed by atoms with Gasteiger partial charge in [0.2, 0.25) is 0 Å². The zero-order valence-corrected chi connectivity index (χ0v) is 17.9. The number of hydrogen-bond acceptors (Lipinski definition) is 4. The van der Waals surface area contributed by atoms with E-state index in [4.69, 9.17) is 10.4 Å². The predicted octanol–water partition coefficient (Wildman–Crippen LogP) is 6.49. The second kappa shape index (κ2) is 8.82. The van der Waals surface area contributed by atoms with Gasteiger partial charge in [-0.15, -0.1) is 0 Å². The maximum Gasteiger partial charge on any atom is 0.432 e. The van der Waals surface area contributed by atoms with E-state index in [1.165, 1.54) is 6.92 Å². The lowest BCUT2D eigenvalue weighted by Crippen LogP contribution is -2.19. The first kappa shape index (κ1) is 22.1. The van der Waals surface area contributed by atoms with Crippen LogP contribution in [0.3, 0.4) is 0 Å². The molecule has 0 aliphatic carbocycles. The monoisotopic (exact) mass is 447 g/mol. The Kier molecular flexibility index (Phi) is 5.91. The third-order valence-electron chi connectivity index (χ3n) is 5.02. The highest BCUT2D eigenvalue weighted by Crippen LogP contribution is 2.32. The fourth-order valence-corrected chi connectivity index (χ4v) is 3.38. The van der Waals surface area contributed by atoms with Gasteiger partial charge in [-0.1, -0.05) is 36.4 Å². The highest BCUT2D eigenvalue weighted by atomic mass is 19.4. The van der Waals surface area contributed by atoms with Crippen LogP contribution in [0.25, 0.3) is 39.5 Å². The van der Waals surface area contributed by atoms with E-state index >= 15 is 0 Å². The molecule has 1 aromatic carbocycles. The lowest BCUT2D eigenvalue weighted by Gasteiger charge is -2.11. The van der Waals surface area contributed by atoms with Gasteiger partial charge < -0.3 is 0 Å². The summed E-state index contributed by atoms with van der Waals surface area (Å²) in [6.45, 7) is 3.43. The molecule has 0 amide bonds. The number of H-pyrrole nitrogens is 1. The largest absolute Gasteiger partial charge is 0.432 e. The molecule has 0 atom stereocenters. The summed E-state index contributed by atoms with van der Waals surface area (Å²) >= 11 is 0. The molecule has 33 heavy (non-hydrogen) atoms. The molecular formula is C25H20F3N5. The van der Waals surface area contributed by atoms with Gasteiger partial charge in [0, 0.05) is 16.8 Å². The number of aryl methyl sites for hydroxylation is 1. The first-order valence-electron chi connectivity index (χ1n) is 10.1. The second-order valence-corrected chi connectivity index (χ2v) is 7.54. The Morgan fingerprint density at radius 1 is 0.848 bits per heavy atom. The molecule has 4 rings (SSSR count). The molecule has 0 saturated carbocycles. The predicted molar refractivity (Wildman–Crippen MR) is 123 cm³/mol. The number of hydrogen-bond donors (Lipinski definition) is 2. The van der Waals surface area contributed by atoms with E-state index in [9.17, 15) is 13.2 Å². The van der Waals surface area contributed by atoms with Crippen molar-refractivity contribution in [2.45, 2.75) is 20.0 Å². The number of benzene rings is 1. The minimum Gasteiger partial charge on any atom is -0.296 e. The molecule has 0 fully saturated rings. The number of rotatable bonds is 5. The van der Waals surface area contributed by atoms with Crippen molar-refractivity contribution in [3.63, 3.8) is 0 Å². The summed E-state index contributed by atoms with van der Waals surface area (Å²) in [5.41, 5.74) is 4.54. The van der Waals surface area contributed by atoms with Crippen molar-refractivity contribution >= 4 is 11.3 Å². The Morgan fingerprint density at radius 2 is 1.45 bits per heavy atom. The molecule has 166 valence electrons. The zero-order valence-electron chi connectivity index (χ0n) is 17.9. The Labute approximate surface area is 188 Å². The van der Waals surface area contributed by atoms with Gasteiger partial charge in [-0.2, -0.15) is 18.3 Å². The number of aromatic nitrogens is 4. The third-order valence-corrected chi connectivity index (χ3v) is 5.02. The summed E-state index contributed by atoms with van der Waals surface area (Å²) in [5.74, 6) is 0. The lowest BCUT2D eigenvalue weighted by molar-refractivity contribution is -0.0583. The molecule has 8 heteroatoms. The smallest absolute Gasteiger partial charge is 0.296 e. The first-order valence-corrected chi connectivity index (χ1v) is 10.1. The Bertz CT molecular complexity index is 1350. The fraction of sp³-hybridized carbons (Fsp3) is 0.120. The molecule has 0 aliphatic heterocycles. The number of allylic oxidation sites excluding steroid dienone is 2. The summed E-state index contributed by atoms with van der Waals surface area (Å²) in [4.78, 5) is 9.33. The zero-order chi connectivity index (χ0) is 23.6. The normalized spacial score (nSPS) is 12.1. The molecule has 0 bridgehead atoms. The van der Waals surface area contributed by atoms with Gasteiger partial charge in [-0.3, -0.25) is 10.5 Å². The highest BCUT2D eigenvalue weighted by molar-refractivity contribution is 6.02. The first-order chi connectivity index (χ1) is 15.7. The number of alkyl halides is 3. The quantitative estimate of drug-likeness (QED) is 0.343. The van der Waals surface area contributed by atoms with E-state index in [1.807, 2.05) is 55.5 Å². The minimum atomic E-state index is -4.70. The number of pyridine rings is 2. The van der Waals surface area contributed by atoms with E-state index in [1.54, 1.807) is 18.2 Å². The SMILES string of the molecule is C/C(=C\C(=N)C(F)(F)F)c1cccc(-c2ccccc2-c2cccc(-c3cc(C)[nH]n3)n2)n1. The molecule has 3 heterocycles. The topological polar surface area (TPSA) is 78.3 Å². The van der Waals surface area contributed by atoms with Crippen LogP contribution in [0.2, 0.25) is 0 Å². The van der Waals surface area contributed by atoms with Crippen LogP contribution >= 0.6 is 0 Å². The van der Waals surface area contributed by atoms with Crippen molar-refractivity contribution in [1.82, 2.24) is 20.2 Å². The van der Waals surface area contributed by atoms with Gasteiger partial charge in [-0.25, -0.2) is 9.97 Å². The molecule has 0 aliphatic rings. The molecule has 2 N–H and O–H groups in total.